The van der Waals surface area contributed by atoms with Crippen LogP contribution in [0.5, 0.6) is 0 Å². The van der Waals surface area contributed by atoms with Crippen molar-refractivity contribution in [3.8, 4) is 0 Å². The summed E-state index contributed by atoms with van der Waals surface area (Å²) in [7, 11) is -0.907. The highest BCUT2D eigenvalue weighted by Crippen LogP contribution is 2.18. The monoisotopic (exact) mass is 298 g/mol. The van der Waals surface area contributed by atoms with Gasteiger partial charge in [0.2, 0.25) is 0 Å². The van der Waals surface area contributed by atoms with Gasteiger partial charge in [0, 0.05) is 18.8 Å². The van der Waals surface area contributed by atoms with E-state index in [4.69, 9.17) is 12.2 Å². The third-order valence-corrected chi connectivity index (χ3v) is 5.52. The van der Waals surface area contributed by atoms with Gasteiger partial charge < -0.3 is 10.2 Å². The minimum Gasteiger partial charge on any atom is -0.349 e. The standard InChI is InChI=1S/C13H18N2O2S2/c1-15(12-7-9-19(16,17)10-8-12)13(18)14-11-5-3-2-4-6-11/h2-6,12H,7-10H2,1H3,(H,14,18). The lowest BCUT2D eigenvalue weighted by atomic mass is 10.1. The Morgan fingerprint density at radius 1 is 1.26 bits per heavy atom. The van der Waals surface area contributed by atoms with E-state index in [1.54, 1.807) is 0 Å². The summed E-state index contributed by atoms with van der Waals surface area (Å²) in [5, 5.41) is 3.80. The highest BCUT2D eigenvalue weighted by molar-refractivity contribution is 7.91. The van der Waals surface area contributed by atoms with Crippen molar-refractivity contribution in [2.75, 3.05) is 23.9 Å². The van der Waals surface area contributed by atoms with Crippen molar-refractivity contribution >= 4 is 32.9 Å². The highest BCUT2D eigenvalue weighted by atomic mass is 32.2. The van der Waals surface area contributed by atoms with Gasteiger partial charge in [0.25, 0.3) is 0 Å². The number of benzene rings is 1. The molecule has 0 spiro atoms. The van der Waals surface area contributed by atoms with E-state index in [0.717, 1.165) is 5.69 Å². The summed E-state index contributed by atoms with van der Waals surface area (Å²) in [6.07, 6.45) is 1.30. The zero-order chi connectivity index (χ0) is 13.9. The van der Waals surface area contributed by atoms with E-state index >= 15 is 0 Å². The molecular weight excluding hydrogens is 280 g/mol. The van der Waals surface area contributed by atoms with Crippen molar-refractivity contribution in [3.05, 3.63) is 30.3 Å². The molecule has 0 aromatic heterocycles. The van der Waals surface area contributed by atoms with E-state index in [1.807, 2.05) is 42.3 Å². The number of anilines is 1. The van der Waals surface area contributed by atoms with E-state index in [0.29, 0.717) is 18.0 Å². The minimum atomic E-state index is -2.82. The highest BCUT2D eigenvalue weighted by Gasteiger charge is 2.27. The lowest BCUT2D eigenvalue weighted by molar-refractivity contribution is 0.342. The molecule has 1 aromatic carbocycles. The number of hydrogen-bond donors (Lipinski definition) is 1. The first-order valence-corrected chi connectivity index (χ1v) is 8.50. The number of hydrogen-bond acceptors (Lipinski definition) is 3. The molecule has 0 radical (unpaired) electrons. The Balaban J connectivity index is 1.93. The Hall–Kier alpha value is -1.14. The van der Waals surface area contributed by atoms with Crippen LogP contribution < -0.4 is 5.32 Å². The molecule has 1 aliphatic heterocycles. The van der Waals surface area contributed by atoms with E-state index in [2.05, 4.69) is 5.32 Å². The molecule has 2 rings (SSSR count). The number of nitrogens with zero attached hydrogens (tertiary/aromatic N) is 1. The third kappa shape index (κ3) is 3.91. The number of para-hydroxylation sites is 1. The first kappa shape index (κ1) is 14.3. The van der Waals surface area contributed by atoms with Gasteiger partial charge in [-0.05, 0) is 37.2 Å². The Labute approximate surface area is 119 Å². The van der Waals surface area contributed by atoms with Gasteiger partial charge in [-0.15, -0.1) is 0 Å². The Kier molecular flexibility index (Phi) is 4.42. The molecule has 1 N–H and O–H groups in total. The maximum absolute atomic E-state index is 11.4. The summed E-state index contributed by atoms with van der Waals surface area (Å²) in [5.41, 5.74) is 0.947. The fourth-order valence-corrected chi connectivity index (χ4v) is 3.90. The smallest absolute Gasteiger partial charge is 0.173 e. The number of thiocarbonyl (C=S) groups is 1. The molecule has 0 saturated carbocycles. The van der Waals surface area contributed by atoms with Crippen molar-refractivity contribution in [2.45, 2.75) is 18.9 Å². The number of nitrogens with one attached hydrogen (secondary N) is 1. The van der Waals surface area contributed by atoms with E-state index in [-0.39, 0.29) is 17.5 Å². The molecule has 1 aromatic rings. The van der Waals surface area contributed by atoms with E-state index < -0.39 is 9.84 Å². The summed E-state index contributed by atoms with van der Waals surface area (Å²) < 4.78 is 22.8. The van der Waals surface area contributed by atoms with Gasteiger partial charge in [-0.25, -0.2) is 8.42 Å². The fraction of sp³-hybridized carbons (Fsp3) is 0.462. The second-order valence-corrected chi connectivity index (χ2v) is 7.48. The summed E-state index contributed by atoms with van der Waals surface area (Å²) in [6.45, 7) is 0. The lowest BCUT2D eigenvalue weighted by Crippen LogP contribution is -2.44. The molecule has 0 bridgehead atoms. The van der Waals surface area contributed by atoms with Crippen molar-refractivity contribution in [3.63, 3.8) is 0 Å². The maximum Gasteiger partial charge on any atom is 0.173 e. The zero-order valence-corrected chi connectivity index (χ0v) is 12.5. The van der Waals surface area contributed by atoms with Gasteiger partial charge in [0.05, 0.1) is 11.5 Å². The molecule has 6 heteroatoms. The Morgan fingerprint density at radius 3 is 2.42 bits per heavy atom. The molecule has 0 aliphatic carbocycles. The van der Waals surface area contributed by atoms with Gasteiger partial charge in [-0.1, -0.05) is 18.2 Å². The van der Waals surface area contributed by atoms with Crippen molar-refractivity contribution in [2.24, 2.45) is 0 Å². The quantitative estimate of drug-likeness (QED) is 0.845. The predicted molar refractivity (Wildman–Crippen MR) is 82.1 cm³/mol. The topological polar surface area (TPSA) is 49.4 Å². The van der Waals surface area contributed by atoms with Crippen LogP contribution in [0.15, 0.2) is 30.3 Å². The SMILES string of the molecule is CN(C(=S)Nc1ccccc1)C1CCS(=O)(=O)CC1. The summed E-state index contributed by atoms with van der Waals surface area (Å²) in [4.78, 5) is 1.97. The minimum absolute atomic E-state index is 0.201. The Bertz CT molecular complexity index is 529. The predicted octanol–water partition coefficient (Wildman–Crippen LogP) is 1.89. The molecule has 1 saturated heterocycles. The normalized spacial score (nSPS) is 18.8. The van der Waals surface area contributed by atoms with Crippen LogP contribution in [0.2, 0.25) is 0 Å². The molecule has 1 heterocycles. The molecule has 1 fully saturated rings. The van der Waals surface area contributed by atoms with Crippen LogP contribution in [0.4, 0.5) is 5.69 Å². The Morgan fingerprint density at radius 2 is 1.84 bits per heavy atom. The van der Waals surface area contributed by atoms with E-state index in [9.17, 15) is 8.42 Å². The number of rotatable bonds is 2. The molecule has 0 unspecified atom stereocenters. The lowest BCUT2D eigenvalue weighted by Gasteiger charge is -2.33. The van der Waals surface area contributed by atoms with Gasteiger partial charge in [0.1, 0.15) is 9.84 Å². The van der Waals surface area contributed by atoms with Crippen LogP contribution in [-0.4, -0.2) is 43.0 Å². The maximum atomic E-state index is 11.4. The second-order valence-electron chi connectivity index (χ2n) is 4.79. The third-order valence-electron chi connectivity index (χ3n) is 3.42. The zero-order valence-electron chi connectivity index (χ0n) is 10.9. The van der Waals surface area contributed by atoms with Crippen LogP contribution in [0, 0.1) is 0 Å². The molecule has 19 heavy (non-hydrogen) atoms. The first-order valence-electron chi connectivity index (χ1n) is 6.27. The first-order chi connectivity index (χ1) is 8.98. The van der Waals surface area contributed by atoms with Crippen molar-refractivity contribution < 1.29 is 8.42 Å². The van der Waals surface area contributed by atoms with Gasteiger partial charge in [0.15, 0.2) is 5.11 Å². The number of sulfone groups is 1. The van der Waals surface area contributed by atoms with Crippen LogP contribution in [-0.2, 0) is 9.84 Å². The molecule has 104 valence electrons. The van der Waals surface area contributed by atoms with Crippen LogP contribution in [0.3, 0.4) is 0 Å². The van der Waals surface area contributed by atoms with Gasteiger partial charge >= 0.3 is 0 Å². The van der Waals surface area contributed by atoms with Crippen LogP contribution in [0.1, 0.15) is 12.8 Å². The molecule has 1 aliphatic rings. The molecule has 4 nitrogen and oxygen atoms in total. The van der Waals surface area contributed by atoms with E-state index in [1.165, 1.54) is 0 Å². The molecular formula is C13H18N2O2S2. The average molecular weight is 298 g/mol. The molecule has 0 atom stereocenters. The molecule has 0 amide bonds. The van der Waals surface area contributed by atoms with Gasteiger partial charge in [-0.2, -0.15) is 0 Å². The van der Waals surface area contributed by atoms with Crippen molar-refractivity contribution in [1.29, 1.82) is 0 Å². The van der Waals surface area contributed by atoms with Crippen LogP contribution in [0.25, 0.3) is 0 Å². The second kappa shape index (κ2) is 5.88. The largest absolute Gasteiger partial charge is 0.349 e. The average Bonchev–Trinajstić information content (AvgIpc) is 2.39. The summed E-state index contributed by atoms with van der Waals surface area (Å²) >= 11 is 5.36. The van der Waals surface area contributed by atoms with Crippen LogP contribution >= 0.6 is 12.2 Å². The summed E-state index contributed by atoms with van der Waals surface area (Å²) in [6, 6.07) is 9.93. The fourth-order valence-electron chi connectivity index (χ4n) is 2.16. The van der Waals surface area contributed by atoms with Gasteiger partial charge in [-0.3, -0.25) is 0 Å². The van der Waals surface area contributed by atoms with Crippen molar-refractivity contribution in [1.82, 2.24) is 4.90 Å². The summed E-state index contributed by atoms with van der Waals surface area (Å²) in [5.74, 6) is 0.520.